The minimum absolute atomic E-state index is 0.267. The van der Waals surface area contributed by atoms with Gasteiger partial charge in [-0.05, 0) is 50.4 Å². The summed E-state index contributed by atoms with van der Waals surface area (Å²) in [5, 5.41) is 9.55. The molecule has 2 fully saturated rings. The van der Waals surface area contributed by atoms with Gasteiger partial charge in [0.25, 0.3) is 0 Å². The van der Waals surface area contributed by atoms with Gasteiger partial charge in [0.2, 0.25) is 0 Å². The van der Waals surface area contributed by atoms with E-state index in [-0.39, 0.29) is 5.92 Å². The van der Waals surface area contributed by atoms with Crippen LogP contribution in [0.3, 0.4) is 0 Å². The second-order valence-corrected chi connectivity index (χ2v) is 7.53. The summed E-state index contributed by atoms with van der Waals surface area (Å²) in [5.41, 5.74) is 0. The molecule has 2 nitrogen and oxygen atoms in total. The minimum Gasteiger partial charge on any atom is -0.296 e. The standard InChI is InChI=1S/C18H32N2/c1-5-6-16-7-8-17(11-19)18(10-16)20-12-13(2)9-14(3)15(20)4/h13-18H,5-10,12H2,1-4H3. The van der Waals surface area contributed by atoms with E-state index >= 15 is 0 Å². The van der Waals surface area contributed by atoms with Gasteiger partial charge in [0.05, 0.1) is 12.0 Å². The van der Waals surface area contributed by atoms with Crippen LogP contribution >= 0.6 is 0 Å². The first-order valence-electron chi connectivity index (χ1n) is 8.72. The monoisotopic (exact) mass is 276 g/mol. The molecule has 1 saturated heterocycles. The van der Waals surface area contributed by atoms with Crippen molar-refractivity contribution in [3.8, 4) is 6.07 Å². The van der Waals surface area contributed by atoms with E-state index in [1.807, 2.05) is 0 Å². The summed E-state index contributed by atoms with van der Waals surface area (Å²) in [6.07, 6.45) is 7.64. The third kappa shape index (κ3) is 3.37. The van der Waals surface area contributed by atoms with Crippen molar-refractivity contribution < 1.29 is 0 Å². The summed E-state index contributed by atoms with van der Waals surface area (Å²) in [6.45, 7) is 10.6. The zero-order valence-corrected chi connectivity index (χ0v) is 13.8. The molecule has 1 aliphatic heterocycles. The Labute approximate surface area is 125 Å². The number of nitrogens with zero attached hydrogens (tertiary/aromatic N) is 2. The molecule has 0 bridgehead atoms. The molecule has 6 atom stereocenters. The minimum atomic E-state index is 0.267. The molecule has 0 amide bonds. The van der Waals surface area contributed by atoms with Crippen LogP contribution in [0.2, 0.25) is 0 Å². The lowest BCUT2D eigenvalue weighted by Crippen LogP contribution is -2.54. The zero-order valence-electron chi connectivity index (χ0n) is 13.8. The molecule has 0 N–H and O–H groups in total. The lowest BCUT2D eigenvalue weighted by atomic mass is 9.74. The van der Waals surface area contributed by atoms with Crippen LogP contribution in [0.15, 0.2) is 0 Å². The normalized spacial score (nSPS) is 43.1. The number of hydrogen-bond acceptors (Lipinski definition) is 2. The summed E-state index contributed by atoms with van der Waals surface area (Å²) in [6, 6.07) is 3.79. The maximum Gasteiger partial charge on any atom is 0.0672 e. The largest absolute Gasteiger partial charge is 0.296 e. The average Bonchev–Trinajstić information content (AvgIpc) is 2.43. The van der Waals surface area contributed by atoms with Crippen LogP contribution in [0.4, 0.5) is 0 Å². The van der Waals surface area contributed by atoms with E-state index < -0.39 is 0 Å². The summed E-state index contributed by atoms with van der Waals surface area (Å²) >= 11 is 0. The molecule has 2 aliphatic rings. The molecule has 2 rings (SSSR count). The molecular weight excluding hydrogens is 244 g/mol. The highest BCUT2D eigenvalue weighted by molar-refractivity contribution is 5.00. The Hall–Kier alpha value is -0.550. The summed E-state index contributed by atoms with van der Waals surface area (Å²) in [5.74, 6) is 2.68. The Kier molecular flexibility index (Phi) is 5.49. The fourth-order valence-electron chi connectivity index (χ4n) is 4.62. The average molecular weight is 276 g/mol. The SMILES string of the molecule is CCCC1CCC(C#N)C(N2CC(C)CC(C)C2C)C1. The van der Waals surface area contributed by atoms with Crippen molar-refractivity contribution in [2.24, 2.45) is 23.7 Å². The van der Waals surface area contributed by atoms with Crippen LogP contribution in [0, 0.1) is 35.0 Å². The zero-order chi connectivity index (χ0) is 14.7. The quantitative estimate of drug-likeness (QED) is 0.761. The van der Waals surface area contributed by atoms with E-state index in [1.165, 1.54) is 38.6 Å². The van der Waals surface area contributed by atoms with E-state index in [2.05, 4.69) is 38.7 Å². The second kappa shape index (κ2) is 6.94. The molecule has 6 unspecified atom stereocenters. The van der Waals surface area contributed by atoms with Gasteiger partial charge in [0, 0.05) is 18.6 Å². The van der Waals surface area contributed by atoms with E-state index in [4.69, 9.17) is 0 Å². The predicted molar refractivity (Wildman–Crippen MR) is 84.3 cm³/mol. The molecule has 20 heavy (non-hydrogen) atoms. The molecule has 114 valence electrons. The highest BCUT2D eigenvalue weighted by Gasteiger charge is 2.39. The summed E-state index contributed by atoms with van der Waals surface area (Å²) in [4.78, 5) is 2.70. The fraction of sp³-hybridized carbons (Fsp3) is 0.944. The van der Waals surface area contributed by atoms with Gasteiger partial charge in [-0.15, -0.1) is 0 Å². The number of rotatable bonds is 3. The lowest BCUT2D eigenvalue weighted by Gasteiger charge is -2.49. The molecule has 0 aromatic carbocycles. The van der Waals surface area contributed by atoms with Crippen LogP contribution in [0.5, 0.6) is 0 Å². The van der Waals surface area contributed by atoms with Crippen molar-refractivity contribution >= 4 is 0 Å². The van der Waals surface area contributed by atoms with Crippen LogP contribution in [0.25, 0.3) is 0 Å². The second-order valence-electron chi connectivity index (χ2n) is 7.53. The topological polar surface area (TPSA) is 27.0 Å². The number of hydrogen-bond donors (Lipinski definition) is 0. The Morgan fingerprint density at radius 3 is 2.55 bits per heavy atom. The molecular formula is C18H32N2. The molecule has 0 spiro atoms. The van der Waals surface area contributed by atoms with Crippen molar-refractivity contribution in [1.82, 2.24) is 4.90 Å². The lowest BCUT2D eigenvalue weighted by molar-refractivity contribution is 0.000649. The van der Waals surface area contributed by atoms with Crippen molar-refractivity contribution in [1.29, 1.82) is 5.26 Å². The molecule has 1 aliphatic carbocycles. The number of piperidine rings is 1. The highest BCUT2D eigenvalue weighted by Crippen LogP contribution is 2.38. The number of likely N-dealkylation sites (tertiary alicyclic amines) is 1. The van der Waals surface area contributed by atoms with E-state index in [0.29, 0.717) is 12.1 Å². The molecule has 0 aromatic rings. The maximum atomic E-state index is 9.55. The maximum absolute atomic E-state index is 9.55. The van der Waals surface area contributed by atoms with E-state index in [1.54, 1.807) is 0 Å². The molecule has 1 heterocycles. The van der Waals surface area contributed by atoms with Gasteiger partial charge in [0.1, 0.15) is 0 Å². The Balaban J connectivity index is 2.11. The summed E-state index contributed by atoms with van der Waals surface area (Å²) < 4.78 is 0. The summed E-state index contributed by atoms with van der Waals surface area (Å²) in [7, 11) is 0. The van der Waals surface area contributed by atoms with Crippen molar-refractivity contribution in [3.63, 3.8) is 0 Å². The smallest absolute Gasteiger partial charge is 0.0672 e. The first-order valence-corrected chi connectivity index (χ1v) is 8.72. The van der Waals surface area contributed by atoms with Gasteiger partial charge < -0.3 is 0 Å². The van der Waals surface area contributed by atoms with Gasteiger partial charge in [-0.3, -0.25) is 4.90 Å². The Bertz CT molecular complexity index is 346. The van der Waals surface area contributed by atoms with Gasteiger partial charge in [0.15, 0.2) is 0 Å². The molecule has 0 radical (unpaired) electrons. The molecule has 0 aromatic heterocycles. The first-order chi connectivity index (χ1) is 9.56. The first kappa shape index (κ1) is 15.8. The predicted octanol–water partition coefficient (Wildman–Crippen LogP) is 4.46. The highest BCUT2D eigenvalue weighted by atomic mass is 15.2. The van der Waals surface area contributed by atoms with Crippen LogP contribution < -0.4 is 0 Å². The van der Waals surface area contributed by atoms with Crippen LogP contribution in [-0.4, -0.2) is 23.5 Å². The Morgan fingerprint density at radius 1 is 1.15 bits per heavy atom. The van der Waals surface area contributed by atoms with Crippen LogP contribution in [-0.2, 0) is 0 Å². The van der Waals surface area contributed by atoms with Crippen molar-refractivity contribution in [2.45, 2.75) is 78.3 Å². The van der Waals surface area contributed by atoms with E-state index in [0.717, 1.165) is 24.2 Å². The van der Waals surface area contributed by atoms with Gasteiger partial charge >= 0.3 is 0 Å². The Morgan fingerprint density at radius 2 is 1.90 bits per heavy atom. The van der Waals surface area contributed by atoms with Crippen molar-refractivity contribution in [2.75, 3.05) is 6.54 Å². The number of nitriles is 1. The van der Waals surface area contributed by atoms with Crippen LogP contribution in [0.1, 0.15) is 66.2 Å². The van der Waals surface area contributed by atoms with E-state index in [9.17, 15) is 5.26 Å². The molecule has 2 heteroatoms. The third-order valence-corrected chi connectivity index (χ3v) is 5.86. The molecule has 1 saturated carbocycles. The van der Waals surface area contributed by atoms with Gasteiger partial charge in [-0.25, -0.2) is 0 Å². The third-order valence-electron chi connectivity index (χ3n) is 5.86. The van der Waals surface area contributed by atoms with Gasteiger partial charge in [-0.2, -0.15) is 5.26 Å². The fourth-order valence-corrected chi connectivity index (χ4v) is 4.62. The van der Waals surface area contributed by atoms with Crippen molar-refractivity contribution in [3.05, 3.63) is 0 Å². The van der Waals surface area contributed by atoms with Gasteiger partial charge in [-0.1, -0.05) is 33.6 Å².